The van der Waals surface area contributed by atoms with Gasteiger partial charge in [0.2, 0.25) is 0 Å². The average Bonchev–Trinajstić information content (AvgIpc) is 3.21. The molecule has 1 aromatic heterocycles. The van der Waals surface area contributed by atoms with E-state index < -0.39 is 0 Å². The zero-order chi connectivity index (χ0) is 21.8. The number of hydrogen-bond donors (Lipinski definition) is 3. The van der Waals surface area contributed by atoms with Gasteiger partial charge >= 0.3 is 0 Å². The third-order valence-corrected chi connectivity index (χ3v) is 5.93. The van der Waals surface area contributed by atoms with Crippen molar-refractivity contribution in [3.05, 3.63) is 91.0 Å². The van der Waals surface area contributed by atoms with Gasteiger partial charge in [0.15, 0.2) is 0 Å². The van der Waals surface area contributed by atoms with Gasteiger partial charge in [0.05, 0.1) is 0 Å². The lowest BCUT2D eigenvalue weighted by atomic mass is 9.92. The fourth-order valence-corrected chi connectivity index (χ4v) is 4.49. The number of aromatic hydroxyl groups is 3. The molecule has 32 heavy (non-hydrogen) atoms. The summed E-state index contributed by atoms with van der Waals surface area (Å²) in [5, 5.41) is 34.8. The molecule has 0 atom stereocenters. The fraction of sp³-hybridized carbons (Fsp3) is 0. The van der Waals surface area contributed by atoms with Crippen LogP contribution in [0.25, 0.3) is 55.0 Å². The Kier molecular flexibility index (Phi) is 3.89. The standard InChI is InChI=1S/C28H18O4/c29-18-9-5-16(6-10-18)25-26-24-15-20(31)13-14-22(24)21-3-1-2-4-23(21)28(26)32-27(25)17-7-11-19(30)12-8-17/h1-15,29-31H. The van der Waals surface area contributed by atoms with Crippen LogP contribution in [0.15, 0.2) is 95.4 Å². The van der Waals surface area contributed by atoms with Crippen LogP contribution in [0.2, 0.25) is 0 Å². The summed E-state index contributed by atoms with van der Waals surface area (Å²) in [4.78, 5) is 0. The first-order chi connectivity index (χ1) is 15.6. The highest BCUT2D eigenvalue weighted by molar-refractivity contribution is 6.28. The van der Waals surface area contributed by atoms with Crippen LogP contribution in [0.5, 0.6) is 17.2 Å². The average molecular weight is 418 g/mol. The van der Waals surface area contributed by atoms with Crippen molar-refractivity contribution in [2.75, 3.05) is 0 Å². The molecule has 0 aliphatic rings. The molecule has 0 spiro atoms. The molecule has 1 heterocycles. The van der Waals surface area contributed by atoms with Crippen LogP contribution >= 0.6 is 0 Å². The van der Waals surface area contributed by atoms with Gasteiger partial charge < -0.3 is 19.7 Å². The Balaban J connectivity index is 1.86. The van der Waals surface area contributed by atoms with Crippen LogP contribution in [0.4, 0.5) is 0 Å². The minimum absolute atomic E-state index is 0.178. The van der Waals surface area contributed by atoms with Crippen LogP contribution in [-0.2, 0) is 0 Å². The minimum atomic E-state index is 0.178. The molecule has 0 saturated heterocycles. The zero-order valence-electron chi connectivity index (χ0n) is 16.9. The monoisotopic (exact) mass is 418 g/mol. The molecule has 6 rings (SSSR count). The van der Waals surface area contributed by atoms with E-state index in [1.165, 1.54) is 0 Å². The third kappa shape index (κ3) is 2.70. The Morgan fingerprint density at radius 2 is 1.06 bits per heavy atom. The molecule has 4 heteroatoms. The molecule has 6 aromatic rings. The van der Waals surface area contributed by atoms with Crippen molar-refractivity contribution >= 4 is 32.5 Å². The summed E-state index contributed by atoms with van der Waals surface area (Å²) in [5.41, 5.74) is 3.29. The Morgan fingerprint density at radius 1 is 0.500 bits per heavy atom. The second kappa shape index (κ2) is 6.79. The summed E-state index contributed by atoms with van der Waals surface area (Å²) >= 11 is 0. The predicted molar refractivity (Wildman–Crippen MR) is 127 cm³/mol. The molecule has 5 aromatic carbocycles. The number of rotatable bonds is 2. The zero-order valence-corrected chi connectivity index (χ0v) is 16.9. The van der Waals surface area contributed by atoms with Crippen molar-refractivity contribution in [2.45, 2.75) is 0 Å². The van der Waals surface area contributed by atoms with E-state index in [2.05, 4.69) is 6.07 Å². The van der Waals surface area contributed by atoms with Crippen LogP contribution in [0.3, 0.4) is 0 Å². The van der Waals surface area contributed by atoms with Crippen molar-refractivity contribution < 1.29 is 19.7 Å². The second-order valence-corrected chi connectivity index (χ2v) is 7.88. The van der Waals surface area contributed by atoms with Crippen LogP contribution in [0, 0.1) is 0 Å². The summed E-state index contributed by atoms with van der Waals surface area (Å²) in [6, 6.07) is 27.4. The summed E-state index contributed by atoms with van der Waals surface area (Å²) in [6.45, 7) is 0. The van der Waals surface area contributed by atoms with E-state index in [9.17, 15) is 15.3 Å². The van der Waals surface area contributed by atoms with Gasteiger partial charge in [-0.05, 0) is 70.3 Å². The van der Waals surface area contributed by atoms with E-state index >= 15 is 0 Å². The van der Waals surface area contributed by atoms with E-state index in [0.29, 0.717) is 5.76 Å². The molecule has 0 radical (unpaired) electrons. The summed E-state index contributed by atoms with van der Waals surface area (Å²) < 4.78 is 6.55. The molecule has 0 fully saturated rings. The SMILES string of the molecule is Oc1ccc(-c2oc3c4ccccc4c4ccc(O)cc4c3c2-c2ccc(O)cc2)cc1. The first kappa shape index (κ1) is 18.3. The molecule has 0 bridgehead atoms. The maximum atomic E-state index is 10.3. The van der Waals surface area contributed by atoms with Crippen LogP contribution < -0.4 is 0 Å². The van der Waals surface area contributed by atoms with Crippen molar-refractivity contribution in [3.8, 4) is 39.7 Å². The largest absolute Gasteiger partial charge is 0.508 e. The van der Waals surface area contributed by atoms with Crippen molar-refractivity contribution in [1.29, 1.82) is 0 Å². The van der Waals surface area contributed by atoms with Crippen molar-refractivity contribution in [1.82, 2.24) is 0 Å². The number of benzene rings is 5. The van der Waals surface area contributed by atoms with Gasteiger partial charge in [0, 0.05) is 21.9 Å². The molecule has 0 unspecified atom stereocenters. The quantitative estimate of drug-likeness (QED) is 0.260. The third-order valence-electron chi connectivity index (χ3n) is 5.93. The molecular weight excluding hydrogens is 400 g/mol. The lowest BCUT2D eigenvalue weighted by Crippen LogP contribution is -1.84. The topological polar surface area (TPSA) is 73.8 Å². The first-order valence-electron chi connectivity index (χ1n) is 10.3. The molecule has 4 nitrogen and oxygen atoms in total. The van der Waals surface area contributed by atoms with E-state index in [-0.39, 0.29) is 17.2 Å². The van der Waals surface area contributed by atoms with E-state index in [1.807, 2.05) is 48.5 Å². The van der Waals surface area contributed by atoms with Crippen molar-refractivity contribution in [2.24, 2.45) is 0 Å². The first-order valence-corrected chi connectivity index (χ1v) is 10.3. The van der Waals surface area contributed by atoms with E-state index in [1.54, 1.807) is 36.4 Å². The van der Waals surface area contributed by atoms with Gasteiger partial charge in [0.25, 0.3) is 0 Å². The van der Waals surface area contributed by atoms with Gasteiger partial charge in [-0.2, -0.15) is 0 Å². The number of furan rings is 1. The van der Waals surface area contributed by atoms with E-state index in [0.717, 1.165) is 49.2 Å². The molecule has 0 aliphatic carbocycles. The molecule has 0 aliphatic heterocycles. The smallest absolute Gasteiger partial charge is 0.143 e. The number of phenols is 3. The second-order valence-electron chi connectivity index (χ2n) is 7.88. The summed E-state index contributed by atoms with van der Waals surface area (Å²) in [5.74, 6) is 1.20. The molecular formula is C28H18O4. The van der Waals surface area contributed by atoms with Gasteiger partial charge in [-0.1, -0.05) is 42.5 Å². The summed E-state index contributed by atoms with van der Waals surface area (Å²) in [6.07, 6.45) is 0. The Bertz CT molecular complexity index is 1630. The Labute approximate surface area is 183 Å². The maximum absolute atomic E-state index is 10.3. The molecule has 154 valence electrons. The van der Waals surface area contributed by atoms with Crippen LogP contribution in [0.1, 0.15) is 0 Å². The number of hydrogen-bond acceptors (Lipinski definition) is 4. The Hall–Kier alpha value is -4.44. The number of phenolic OH excluding ortho intramolecular Hbond substituents is 3. The van der Waals surface area contributed by atoms with E-state index in [4.69, 9.17) is 4.42 Å². The van der Waals surface area contributed by atoms with Gasteiger partial charge in [0.1, 0.15) is 28.6 Å². The van der Waals surface area contributed by atoms with Crippen LogP contribution in [-0.4, -0.2) is 15.3 Å². The molecule has 0 saturated carbocycles. The van der Waals surface area contributed by atoms with Gasteiger partial charge in [-0.3, -0.25) is 0 Å². The van der Waals surface area contributed by atoms with Gasteiger partial charge in [-0.25, -0.2) is 0 Å². The molecule has 3 N–H and O–H groups in total. The maximum Gasteiger partial charge on any atom is 0.143 e. The number of fused-ring (bicyclic) bond motifs is 6. The predicted octanol–water partition coefficient (Wildman–Crippen LogP) is 7.19. The van der Waals surface area contributed by atoms with Crippen molar-refractivity contribution in [3.63, 3.8) is 0 Å². The lowest BCUT2D eigenvalue weighted by Gasteiger charge is -2.09. The lowest BCUT2D eigenvalue weighted by molar-refractivity contribution is 0.475. The highest BCUT2D eigenvalue weighted by Crippen LogP contribution is 2.47. The highest BCUT2D eigenvalue weighted by atomic mass is 16.3. The van der Waals surface area contributed by atoms with Gasteiger partial charge in [-0.15, -0.1) is 0 Å². The highest BCUT2D eigenvalue weighted by Gasteiger charge is 2.22. The summed E-state index contributed by atoms with van der Waals surface area (Å²) in [7, 11) is 0. The minimum Gasteiger partial charge on any atom is -0.508 e. The normalized spacial score (nSPS) is 11.5. The molecule has 0 amide bonds. The Morgan fingerprint density at radius 3 is 1.75 bits per heavy atom. The fourth-order valence-electron chi connectivity index (χ4n) is 4.49.